The molecular weight excluding hydrogens is 296 g/mol. The zero-order valence-electron chi connectivity index (χ0n) is 11.8. The van der Waals surface area contributed by atoms with Gasteiger partial charge in [-0.3, -0.25) is 14.6 Å². The maximum atomic E-state index is 10.4. The number of nitrogens with zero attached hydrogens (tertiary/aromatic N) is 1. The number of aromatic nitrogens is 1. The number of hydrogen-bond acceptors (Lipinski definition) is 8. The third-order valence-electron chi connectivity index (χ3n) is 2.73. The Labute approximate surface area is 126 Å². The molecule has 122 valence electrons. The molecule has 1 amide bonds. The predicted molar refractivity (Wildman–Crippen MR) is 72.3 cm³/mol. The molecule has 0 radical (unpaired) electrons. The lowest BCUT2D eigenvalue weighted by Crippen LogP contribution is -2.34. The van der Waals surface area contributed by atoms with Crippen LogP contribution in [-0.2, 0) is 14.3 Å². The van der Waals surface area contributed by atoms with Crippen molar-refractivity contribution >= 4 is 11.9 Å². The summed E-state index contributed by atoms with van der Waals surface area (Å²) in [5.41, 5.74) is 5.38. The van der Waals surface area contributed by atoms with Crippen molar-refractivity contribution in [1.82, 2.24) is 4.98 Å². The number of ether oxygens (including phenoxy) is 2. The first kappa shape index (κ1) is 18.0. The number of pyridine rings is 1. The van der Waals surface area contributed by atoms with Gasteiger partial charge in [0, 0.05) is 19.3 Å². The van der Waals surface area contributed by atoms with Gasteiger partial charge in [0.1, 0.15) is 24.9 Å². The van der Waals surface area contributed by atoms with E-state index >= 15 is 0 Å². The van der Waals surface area contributed by atoms with E-state index in [0.29, 0.717) is 5.56 Å². The molecule has 2 rings (SSSR count). The van der Waals surface area contributed by atoms with Crippen LogP contribution in [0.5, 0.6) is 0 Å². The third kappa shape index (κ3) is 5.37. The molecular formula is C13H18N2O7. The van der Waals surface area contributed by atoms with Gasteiger partial charge in [-0.15, -0.1) is 0 Å². The summed E-state index contributed by atoms with van der Waals surface area (Å²) in [6.07, 6.45) is -1.84. The van der Waals surface area contributed by atoms with Crippen molar-refractivity contribution in [2.45, 2.75) is 31.5 Å². The quantitative estimate of drug-likeness (QED) is 0.475. The van der Waals surface area contributed by atoms with Crippen molar-refractivity contribution in [1.29, 1.82) is 0 Å². The molecule has 5 N–H and O–H groups in total. The molecule has 1 aromatic heterocycles. The highest BCUT2D eigenvalue weighted by molar-refractivity contribution is 5.92. The van der Waals surface area contributed by atoms with E-state index in [1.165, 1.54) is 13.1 Å². The summed E-state index contributed by atoms with van der Waals surface area (Å²) < 4.78 is 9.26. The fourth-order valence-electron chi connectivity index (χ4n) is 1.57. The number of aliphatic hydroxyl groups is 3. The Hall–Kier alpha value is -2.07. The van der Waals surface area contributed by atoms with Crippen LogP contribution in [0.1, 0.15) is 17.3 Å². The molecule has 9 nitrogen and oxygen atoms in total. The molecule has 0 aromatic carbocycles. The molecule has 0 aliphatic carbocycles. The molecule has 0 spiro atoms. The van der Waals surface area contributed by atoms with Crippen LogP contribution in [0.4, 0.5) is 0 Å². The summed E-state index contributed by atoms with van der Waals surface area (Å²) in [6, 6.07) is 3.29. The molecule has 0 saturated carbocycles. The van der Waals surface area contributed by atoms with Crippen LogP contribution in [0.3, 0.4) is 0 Å². The second kappa shape index (κ2) is 8.39. The number of amides is 1. The van der Waals surface area contributed by atoms with E-state index < -0.39 is 36.5 Å². The zero-order valence-corrected chi connectivity index (χ0v) is 11.8. The zero-order chi connectivity index (χ0) is 16.7. The number of carbonyl (C=O) groups is 2. The van der Waals surface area contributed by atoms with E-state index in [1.807, 2.05) is 0 Å². The number of nitrogens with two attached hydrogens (primary N) is 1. The Balaban J connectivity index is 0.000000235. The average Bonchev–Trinajstić information content (AvgIpc) is 2.74. The number of carbonyl (C=O) groups excluding carboxylic acids is 2. The Bertz CT molecular complexity index is 496. The van der Waals surface area contributed by atoms with Gasteiger partial charge in [-0.25, -0.2) is 0 Å². The van der Waals surface area contributed by atoms with E-state index in [0.717, 1.165) is 0 Å². The first-order valence-electron chi connectivity index (χ1n) is 6.35. The molecule has 1 fully saturated rings. The summed E-state index contributed by atoms with van der Waals surface area (Å²) >= 11 is 0. The molecule has 22 heavy (non-hydrogen) atoms. The second-order valence-electron chi connectivity index (χ2n) is 4.45. The highest BCUT2D eigenvalue weighted by atomic mass is 16.7. The van der Waals surface area contributed by atoms with Gasteiger partial charge >= 0.3 is 5.97 Å². The normalized spacial score (nSPS) is 26.7. The monoisotopic (exact) mass is 314 g/mol. The van der Waals surface area contributed by atoms with Crippen molar-refractivity contribution in [3.8, 4) is 0 Å². The molecule has 9 heteroatoms. The fourth-order valence-corrected chi connectivity index (χ4v) is 1.57. The standard InChI is InChI=1S/C7H12O6.C6H6N2O/c1-3(8)12-2-4-5(9)6(10)7(11)13-4;7-6(9)5-2-1-3-8-4-5/h4-7,9-11H,2H2,1H3;1-4H,(H2,7,9)/t4-,5-,6-,7?;/m1./s1. The minimum atomic E-state index is -1.42. The fraction of sp³-hybridized carbons (Fsp3) is 0.462. The van der Waals surface area contributed by atoms with E-state index in [-0.39, 0.29) is 6.61 Å². The van der Waals surface area contributed by atoms with Crippen LogP contribution < -0.4 is 5.73 Å². The molecule has 2 heterocycles. The highest BCUT2D eigenvalue weighted by Gasteiger charge is 2.42. The molecule has 1 aliphatic rings. The lowest BCUT2D eigenvalue weighted by Gasteiger charge is -2.13. The van der Waals surface area contributed by atoms with Crippen molar-refractivity contribution in [3.63, 3.8) is 0 Å². The minimum Gasteiger partial charge on any atom is -0.463 e. The van der Waals surface area contributed by atoms with Crippen LogP contribution in [0.25, 0.3) is 0 Å². The Kier molecular flexibility index (Phi) is 6.86. The van der Waals surface area contributed by atoms with Crippen molar-refractivity contribution < 1.29 is 34.4 Å². The van der Waals surface area contributed by atoms with E-state index in [9.17, 15) is 14.7 Å². The third-order valence-corrected chi connectivity index (χ3v) is 2.73. The first-order chi connectivity index (χ1) is 10.3. The Morgan fingerprint density at radius 1 is 1.36 bits per heavy atom. The van der Waals surface area contributed by atoms with Crippen molar-refractivity contribution in [3.05, 3.63) is 30.1 Å². The van der Waals surface area contributed by atoms with E-state index in [2.05, 4.69) is 9.72 Å². The van der Waals surface area contributed by atoms with Crippen molar-refractivity contribution in [2.75, 3.05) is 6.61 Å². The highest BCUT2D eigenvalue weighted by Crippen LogP contribution is 2.19. The van der Waals surface area contributed by atoms with Gasteiger partial charge in [-0.05, 0) is 12.1 Å². The second-order valence-corrected chi connectivity index (χ2v) is 4.45. The molecule has 1 saturated heterocycles. The number of rotatable bonds is 3. The van der Waals surface area contributed by atoms with Gasteiger partial charge in [0.15, 0.2) is 6.29 Å². The van der Waals surface area contributed by atoms with E-state index in [4.69, 9.17) is 20.7 Å². The maximum Gasteiger partial charge on any atom is 0.302 e. The molecule has 4 atom stereocenters. The topological polar surface area (TPSA) is 152 Å². The average molecular weight is 314 g/mol. The summed E-state index contributed by atoms with van der Waals surface area (Å²) in [6.45, 7) is 1.04. The number of aliphatic hydroxyl groups excluding tert-OH is 3. The maximum absolute atomic E-state index is 10.4. The van der Waals surface area contributed by atoms with E-state index in [1.54, 1.807) is 18.3 Å². The summed E-state index contributed by atoms with van der Waals surface area (Å²) in [5.74, 6) is -0.949. The number of esters is 1. The van der Waals surface area contributed by atoms with Gasteiger partial charge in [0.2, 0.25) is 5.91 Å². The Morgan fingerprint density at radius 3 is 2.41 bits per heavy atom. The Morgan fingerprint density at radius 2 is 2.05 bits per heavy atom. The number of hydrogen-bond donors (Lipinski definition) is 4. The molecule has 1 unspecified atom stereocenters. The lowest BCUT2D eigenvalue weighted by atomic mass is 10.1. The SMILES string of the molecule is CC(=O)OC[C@H]1OC(O)[C@H](O)[C@@H]1O.NC(=O)c1cccnc1. The summed E-state index contributed by atoms with van der Waals surface area (Å²) in [4.78, 5) is 24.5. The van der Waals surface area contributed by atoms with Crippen LogP contribution >= 0.6 is 0 Å². The number of primary amides is 1. The van der Waals surface area contributed by atoms with Gasteiger partial charge in [-0.1, -0.05) is 0 Å². The van der Waals surface area contributed by atoms with Crippen LogP contribution in [0.2, 0.25) is 0 Å². The smallest absolute Gasteiger partial charge is 0.302 e. The first-order valence-corrected chi connectivity index (χ1v) is 6.35. The summed E-state index contributed by atoms with van der Waals surface area (Å²) in [7, 11) is 0. The van der Waals surface area contributed by atoms with Gasteiger partial charge < -0.3 is 30.5 Å². The molecule has 1 aromatic rings. The van der Waals surface area contributed by atoms with Crippen LogP contribution in [-0.4, -0.2) is 63.4 Å². The molecule has 1 aliphatic heterocycles. The minimum absolute atomic E-state index is 0.176. The van der Waals surface area contributed by atoms with Crippen LogP contribution in [0, 0.1) is 0 Å². The molecule has 0 bridgehead atoms. The lowest BCUT2D eigenvalue weighted by molar-refractivity contribution is -0.155. The summed E-state index contributed by atoms with van der Waals surface area (Å²) in [5, 5.41) is 27.2. The predicted octanol–water partition coefficient (Wildman–Crippen LogP) is -1.83. The van der Waals surface area contributed by atoms with Crippen molar-refractivity contribution in [2.24, 2.45) is 5.73 Å². The van der Waals surface area contributed by atoms with Gasteiger partial charge in [-0.2, -0.15) is 0 Å². The van der Waals surface area contributed by atoms with Crippen LogP contribution in [0.15, 0.2) is 24.5 Å². The largest absolute Gasteiger partial charge is 0.463 e. The van der Waals surface area contributed by atoms with Gasteiger partial charge in [0.25, 0.3) is 0 Å². The van der Waals surface area contributed by atoms with Gasteiger partial charge in [0.05, 0.1) is 5.56 Å².